The SMILES string of the molecule is CCN1CCN(C(=O)C2CCCn3c(-c4ccccc4)cnc32)CC1. The number of benzene rings is 1. The number of nitrogens with zero attached hydrogens (tertiary/aromatic N) is 4. The molecule has 0 saturated carbocycles. The second-order valence-corrected chi connectivity index (χ2v) is 6.97. The first-order valence-corrected chi connectivity index (χ1v) is 9.40. The summed E-state index contributed by atoms with van der Waals surface area (Å²) in [7, 11) is 0. The molecule has 1 aromatic carbocycles. The first kappa shape index (κ1) is 16.3. The lowest BCUT2D eigenvalue weighted by Crippen LogP contribution is -2.50. The summed E-state index contributed by atoms with van der Waals surface area (Å²) in [5, 5.41) is 0. The highest BCUT2D eigenvalue weighted by atomic mass is 16.2. The molecule has 0 N–H and O–H groups in total. The number of likely N-dealkylation sites (N-methyl/N-ethyl adjacent to an activating group) is 1. The highest BCUT2D eigenvalue weighted by Gasteiger charge is 2.33. The molecule has 1 amide bonds. The van der Waals surface area contributed by atoms with Crippen molar-refractivity contribution in [3.63, 3.8) is 0 Å². The van der Waals surface area contributed by atoms with Crippen LogP contribution in [0.25, 0.3) is 11.3 Å². The van der Waals surface area contributed by atoms with Crippen molar-refractivity contribution in [2.45, 2.75) is 32.2 Å². The van der Waals surface area contributed by atoms with Crippen LogP contribution in [0.4, 0.5) is 0 Å². The van der Waals surface area contributed by atoms with Crippen molar-refractivity contribution in [1.29, 1.82) is 0 Å². The predicted molar refractivity (Wildman–Crippen MR) is 98.3 cm³/mol. The van der Waals surface area contributed by atoms with Crippen molar-refractivity contribution >= 4 is 5.91 Å². The van der Waals surface area contributed by atoms with E-state index in [1.807, 2.05) is 29.3 Å². The molecule has 0 spiro atoms. The van der Waals surface area contributed by atoms with Crippen molar-refractivity contribution in [2.24, 2.45) is 0 Å². The number of fused-ring (bicyclic) bond motifs is 1. The molecule has 4 rings (SSSR count). The Morgan fingerprint density at radius 2 is 1.88 bits per heavy atom. The number of piperazine rings is 1. The molecular weight excluding hydrogens is 312 g/mol. The Bertz CT molecular complexity index is 731. The number of carbonyl (C=O) groups is 1. The number of imidazole rings is 1. The molecule has 1 aromatic heterocycles. The molecule has 1 saturated heterocycles. The normalized spacial score (nSPS) is 21.2. The van der Waals surface area contributed by atoms with Crippen LogP contribution < -0.4 is 0 Å². The van der Waals surface area contributed by atoms with Gasteiger partial charge in [-0.3, -0.25) is 4.79 Å². The van der Waals surface area contributed by atoms with E-state index in [4.69, 9.17) is 0 Å². The summed E-state index contributed by atoms with van der Waals surface area (Å²) in [6.45, 7) is 7.85. The Labute approximate surface area is 149 Å². The molecular formula is C20H26N4O. The van der Waals surface area contributed by atoms with E-state index in [0.717, 1.165) is 63.6 Å². The second-order valence-electron chi connectivity index (χ2n) is 6.97. The van der Waals surface area contributed by atoms with Gasteiger partial charge >= 0.3 is 0 Å². The predicted octanol–water partition coefficient (Wildman–Crippen LogP) is 2.59. The first-order chi connectivity index (χ1) is 12.3. The molecule has 0 aliphatic carbocycles. The number of amides is 1. The minimum atomic E-state index is -0.0839. The molecule has 0 bridgehead atoms. The minimum absolute atomic E-state index is 0.0839. The van der Waals surface area contributed by atoms with E-state index in [2.05, 4.69) is 33.5 Å². The lowest BCUT2D eigenvalue weighted by molar-refractivity contribution is -0.135. The van der Waals surface area contributed by atoms with Gasteiger partial charge in [0.25, 0.3) is 0 Å². The van der Waals surface area contributed by atoms with Gasteiger partial charge in [-0.2, -0.15) is 0 Å². The van der Waals surface area contributed by atoms with Crippen molar-refractivity contribution in [1.82, 2.24) is 19.4 Å². The Balaban J connectivity index is 1.56. The van der Waals surface area contributed by atoms with Gasteiger partial charge in [0.15, 0.2) is 0 Å². The third-order valence-corrected chi connectivity index (χ3v) is 5.57. The molecule has 1 fully saturated rings. The molecule has 2 aliphatic heterocycles. The first-order valence-electron chi connectivity index (χ1n) is 9.40. The maximum atomic E-state index is 13.1. The molecule has 3 heterocycles. The lowest BCUT2D eigenvalue weighted by Gasteiger charge is -2.36. The molecule has 132 valence electrons. The number of aromatic nitrogens is 2. The van der Waals surface area contributed by atoms with Crippen molar-refractivity contribution < 1.29 is 4.79 Å². The number of carbonyl (C=O) groups excluding carboxylic acids is 1. The minimum Gasteiger partial charge on any atom is -0.340 e. The van der Waals surface area contributed by atoms with Crippen LogP contribution in [0, 0.1) is 0 Å². The van der Waals surface area contributed by atoms with E-state index in [9.17, 15) is 4.79 Å². The molecule has 2 aromatic rings. The highest BCUT2D eigenvalue weighted by molar-refractivity contribution is 5.83. The lowest BCUT2D eigenvalue weighted by atomic mass is 9.96. The number of hydrogen-bond acceptors (Lipinski definition) is 3. The van der Waals surface area contributed by atoms with Crippen molar-refractivity contribution in [3.05, 3.63) is 42.4 Å². The van der Waals surface area contributed by atoms with E-state index >= 15 is 0 Å². The number of hydrogen-bond donors (Lipinski definition) is 0. The summed E-state index contributed by atoms with van der Waals surface area (Å²) in [6.07, 6.45) is 3.89. The molecule has 5 nitrogen and oxygen atoms in total. The third-order valence-electron chi connectivity index (χ3n) is 5.57. The topological polar surface area (TPSA) is 41.4 Å². The van der Waals surface area contributed by atoms with Gasteiger partial charge < -0.3 is 14.4 Å². The molecule has 25 heavy (non-hydrogen) atoms. The zero-order valence-corrected chi connectivity index (χ0v) is 14.9. The highest BCUT2D eigenvalue weighted by Crippen LogP contribution is 2.33. The van der Waals surface area contributed by atoms with Crippen LogP contribution in [-0.2, 0) is 11.3 Å². The van der Waals surface area contributed by atoms with E-state index in [1.54, 1.807) is 0 Å². The summed E-state index contributed by atoms with van der Waals surface area (Å²) >= 11 is 0. The molecule has 5 heteroatoms. The Kier molecular flexibility index (Phi) is 4.57. The third kappa shape index (κ3) is 3.09. The average Bonchev–Trinajstić information content (AvgIpc) is 3.12. The summed E-state index contributed by atoms with van der Waals surface area (Å²) < 4.78 is 2.25. The fraction of sp³-hybridized carbons (Fsp3) is 0.500. The Hall–Kier alpha value is -2.14. The zero-order valence-electron chi connectivity index (χ0n) is 14.9. The molecule has 1 atom stereocenters. The van der Waals surface area contributed by atoms with Crippen LogP contribution in [0.2, 0.25) is 0 Å². The van der Waals surface area contributed by atoms with Gasteiger partial charge in [0.05, 0.1) is 17.8 Å². The van der Waals surface area contributed by atoms with Crippen molar-refractivity contribution in [2.75, 3.05) is 32.7 Å². The van der Waals surface area contributed by atoms with Gasteiger partial charge in [-0.1, -0.05) is 37.3 Å². The van der Waals surface area contributed by atoms with Gasteiger partial charge in [-0.25, -0.2) is 4.98 Å². The standard InChI is InChI=1S/C20H26N4O/c1-2-22-11-13-23(14-12-22)20(25)17-9-6-10-24-18(15-21-19(17)24)16-7-4-3-5-8-16/h3-5,7-8,15,17H,2,6,9-14H2,1H3. The maximum absolute atomic E-state index is 13.1. The summed E-state index contributed by atoms with van der Waals surface area (Å²) in [5.74, 6) is 1.13. The smallest absolute Gasteiger partial charge is 0.233 e. The fourth-order valence-electron chi connectivity index (χ4n) is 4.06. The summed E-state index contributed by atoms with van der Waals surface area (Å²) in [4.78, 5) is 22.2. The van der Waals surface area contributed by atoms with Crippen LogP contribution in [0.15, 0.2) is 36.5 Å². The quantitative estimate of drug-likeness (QED) is 0.864. The van der Waals surface area contributed by atoms with Crippen LogP contribution in [0.3, 0.4) is 0 Å². The van der Waals surface area contributed by atoms with Crippen LogP contribution >= 0.6 is 0 Å². The molecule has 2 aliphatic rings. The number of rotatable bonds is 3. The van der Waals surface area contributed by atoms with Gasteiger partial charge in [0.1, 0.15) is 5.82 Å². The van der Waals surface area contributed by atoms with Gasteiger partial charge in [-0.05, 0) is 24.9 Å². The van der Waals surface area contributed by atoms with Gasteiger partial charge in [0, 0.05) is 32.7 Å². The molecule has 1 unspecified atom stereocenters. The largest absolute Gasteiger partial charge is 0.340 e. The van der Waals surface area contributed by atoms with Gasteiger partial charge in [-0.15, -0.1) is 0 Å². The van der Waals surface area contributed by atoms with Gasteiger partial charge in [0.2, 0.25) is 5.91 Å². The Morgan fingerprint density at radius 1 is 1.12 bits per heavy atom. The van der Waals surface area contributed by atoms with Crippen LogP contribution in [-0.4, -0.2) is 58.0 Å². The van der Waals surface area contributed by atoms with E-state index in [0.29, 0.717) is 0 Å². The van der Waals surface area contributed by atoms with E-state index in [1.165, 1.54) is 5.56 Å². The maximum Gasteiger partial charge on any atom is 0.233 e. The fourth-order valence-corrected chi connectivity index (χ4v) is 4.06. The summed E-state index contributed by atoms with van der Waals surface area (Å²) in [6, 6.07) is 10.3. The van der Waals surface area contributed by atoms with Crippen LogP contribution in [0.5, 0.6) is 0 Å². The summed E-state index contributed by atoms with van der Waals surface area (Å²) in [5.41, 5.74) is 2.30. The monoisotopic (exact) mass is 338 g/mol. The van der Waals surface area contributed by atoms with Crippen LogP contribution in [0.1, 0.15) is 31.5 Å². The Morgan fingerprint density at radius 3 is 2.60 bits per heavy atom. The average molecular weight is 338 g/mol. The molecule has 0 radical (unpaired) electrons. The van der Waals surface area contributed by atoms with E-state index in [-0.39, 0.29) is 11.8 Å². The van der Waals surface area contributed by atoms with E-state index < -0.39 is 0 Å². The van der Waals surface area contributed by atoms with Crippen molar-refractivity contribution in [3.8, 4) is 11.3 Å². The second kappa shape index (κ2) is 7.00. The zero-order chi connectivity index (χ0) is 17.2.